The number of pyridine rings is 1. The fraction of sp³-hybridized carbons (Fsp3) is 0.465. The molecule has 1 aliphatic carbocycles. The van der Waals surface area contributed by atoms with Crippen LogP contribution >= 0.6 is 0 Å². The molecule has 14 heteroatoms. The van der Waals surface area contributed by atoms with Gasteiger partial charge in [0.1, 0.15) is 11.5 Å². The lowest BCUT2D eigenvalue weighted by Gasteiger charge is -2.46. The number of benzene rings is 1. The van der Waals surface area contributed by atoms with E-state index in [1.54, 1.807) is 30.4 Å². The van der Waals surface area contributed by atoms with Gasteiger partial charge < -0.3 is 34.5 Å². The molecule has 3 aliphatic heterocycles. The molecule has 3 N–H and O–H groups in total. The Balaban J connectivity index is 1.06. The van der Waals surface area contributed by atoms with Gasteiger partial charge >= 0.3 is 0 Å². The van der Waals surface area contributed by atoms with Crippen LogP contribution < -0.4 is 26.0 Å². The monoisotopic (exact) mass is 775 g/mol. The van der Waals surface area contributed by atoms with E-state index in [9.17, 15) is 19.5 Å². The zero-order valence-electron chi connectivity index (χ0n) is 33.5. The molecule has 2 amide bonds. The number of carbonyl (C=O) groups is 2. The quantitative estimate of drug-likeness (QED) is 0.201. The van der Waals surface area contributed by atoms with E-state index in [1.807, 2.05) is 24.3 Å². The lowest BCUT2D eigenvalue weighted by atomic mass is 9.90. The van der Waals surface area contributed by atoms with Crippen LogP contribution in [-0.4, -0.2) is 91.9 Å². The molecule has 0 unspecified atom stereocenters. The van der Waals surface area contributed by atoms with E-state index in [0.29, 0.717) is 58.8 Å². The molecule has 1 aromatic carbocycles. The predicted molar refractivity (Wildman–Crippen MR) is 221 cm³/mol. The van der Waals surface area contributed by atoms with Crippen molar-refractivity contribution >= 4 is 40.5 Å². The van der Waals surface area contributed by atoms with Crippen molar-refractivity contribution in [1.82, 2.24) is 24.0 Å². The Labute approximate surface area is 333 Å². The second-order valence-corrected chi connectivity index (χ2v) is 16.8. The topological polar surface area (TPSA) is 150 Å². The molecular formula is C43H53N9O5. The van der Waals surface area contributed by atoms with Crippen molar-refractivity contribution in [2.24, 2.45) is 12.5 Å². The zero-order chi connectivity index (χ0) is 40.2. The van der Waals surface area contributed by atoms with Gasteiger partial charge in [0.2, 0.25) is 5.91 Å². The number of aromatic nitrogens is 4. The van der Waals surface area contributed by atoms with Crippen molar-refractivity contribution < 1.29 is 19.4 Å². The van der Waals surface area contributed by atoms with Crippen molar-refractivity contribution in [2.75, 3.05) is 53.2 Å². The maximum absolute atomic E-state index is 14.0. The molecule has 57 heavy (non-hydrogen) atoms. The van der Waals surface area contributed by atoms with Crippen LogP contribution in [0.3, 0.4) is 0 Å². The molecule has 2 fully saturated rings. The Hall–Kier alpha value is -5.31. The van der Waals surface area contributed by atoms with E-state index < -0.39 is 6.61 Å². The highest BCUT2D eigenvalue weighted by molar-refractivity contribution is 6.06. The Bertz CT molecular complexity index is 2300. The molecule has 8 rings (SSSR count). The summed E-state index contributed by atoms with van der Waals surface area (Å²) < 4.78 is 9.38. The highest BCUT2D eigenvalue weighted by atomic mass is 16.5. The molecule has 0 spiro atoms. The Morgan fingerprint density at radius 2 is 1.93 bits per heavy atom. The minimum absolute atomic E-state index is 0.0583. The first-order valence-corrected chi connectivity index (χ1v) is 20.0. The molecule has 3 atom stereocenters. The number of aliphatic hydroxyl groups excluding tert-OH is 1. The lowest BCUT2D eigenvalue weighted by Crippen LogP contribution is -2.56. The summed E-state index contributed by atoms with van der Waals surface area (Å²) >= 11 is 0. The number of hydrogen-bond acceptors (Lipinski definition) is 10. The lowest BCUT2D eigenvalue weighted by molar-refractivity contribution is -0.111. The molecule has 0 saturated carbocycles. The third-order valence-electron chi connectivity index (χ3n) is 12.1. The number of rotatable bonds is 9. The van der Waals surface area contributed by atoms with Crippen LogP contribution in [0.5, 0.6) is 0 Å². The first kappa shape index (κ1) is 38.6. The zero-order valence-corrected chi connectivity index (χ0v) is 33.5. The minimum atomic E-state index is -0.393. The Kier molecular flexibility index (Phi) is 10.3. The van der Waals surface area contributed by atoms with Gasteiger partial charge in [0, 0.05) is 93.4 Å². The number of nitrogens with zero attached hydrogens (tertiary/aromatic N) is 7. The van der Waals surface area contributed by atoms with Gasteiger partial charge in [-0.05, 0) is 86.9 Å². The molecule has 6 heterocycles. The van der Waals surface area contributed by atoms with Gasteiger partial charge in [-0.2, -0.15) is 0 Å². The van der Waals surface area contributed by atoms with E-state index in [4.69, 9.17) is 9.72 Å². The van der Waals surface area contributed by atoms with Gasteiger partial charge in [0.15, 0.2) is 5.82 Å². The first-order valence-electron chi connectivity index (χ1n) is 20.0. The fourth-order valence-electron chi connectivity index (χ4n) is 9.31. The smallest absolute Gasteiger partial charge is 0.293 e. The van der Waals surface area contributed by atoms with Gasteiger partial charge in [0.05, 0.1) is 29.8 Å². The third kappa shape index (κ3) is 7.37. The third-order valence-corrected chi connectivity index (χ3v) is 12.1. The van der Waals surface area contributed by atoms with E-state index in [0.717, 1.165) is 57.6 Å². The Morgan fingerprint density at radius 1 is 1.11 bits per heavy atom. The number of piperazine rings is 1. The van der Waals surface area contributed by atoms with Crippen LogP contribution in [-0.2, 0) is 42.6 Å². The van der Waals surface area contributed by atoms with Gasteiger partial charge in [-0.1, -0.05) is 20.4 Å². The average molecular weight is 776 g/mol. The van der Waals surface area contributed by atoms with Crippen LogP contribution in [0.2, 0.25) is 0 Å². The molecule has 14 nitrogen and oxygen atoms in total. The Morgan fingerprint density at radius 3 is 2.68 bits per heavy atom. The SMILES string of the molecule is C=CC(=O)Nc1cc(Nc2nc(-c3ccnc(N4CCn5c(cc6c5CC(C)(C)C6)C4=O)c3CO)cn(C)c2=O)ccc1N1CCN([C@@H]2CCO[C@H](C)C2)C[C@@H]1C. The van der Waals surface area contributed by atoms with Crippen molar-refractivity contribution in [2.45, 2.75) is 84.7 Å². The summed E-state index contributed by atoms with van der Waals surface area (Å²) in [6.07, 6.45) is 8.64. The molecule has 3 aromatic heterocycles. The van der Waals surface area contributed by atoms with E-state index in [-0.39, 0.29) is 40.8 Å². The van der Waals surface area contributed by atoms with E-state index in [2.05, 4.69) is 64.3 Å². The normalized spacial score (nSPS) is 21.9. The summed E-state index contributed by atoms with van der Waals surface area (Å²) in [5.74, 6) is -0.0707. The van der Waals surface area contributed by atoms with Crippen molar-refractivity contribution in [3.05, 3.63) is 88.2 Å². The van der Waals surface area contributed by atoms with E-state index in [1.165, 1.54) is 21.9 Å². The van der Waals surface area contributed by atoms with Crippen molar-refractivity contribution in [3.8, 4) is 11.3 Å². The second kappa shape index (κ2) is 15.2. The van der Waals surface area contributed by atoms with Crippen LogP contribution in [0.15, 0.2) is 60.2 Å². The predicted octanol–water partition coefficient (Wildman–Crippen LogP) is 4.87. The maximum atomic E-state index is 14.0. The summed E-state index contributed by atoms with van der Waals surface area (Å²) in [5, 5.41) is 17.0. The second-order valence-electron chi connectivity index (χ2n) is 16.8. The van der Waals surface area contributed by atoms with Crippen molar-refractivity contribution in [1.29, 1.82) is 0 Å². The summed E-state index contributed by atoms with van der Waals surface area (Å²) in [7, 11) is 1.64. The number of amides is 2. The summed E-state index contributed by atoms with van der Waals surface area (Å²) in [6.45, 7) is 16.5. The first-order chi connectivity index (χ1) is 27.3. The number of fused-ring (bicyclic) bond motifs is 3. The average Bonchev–Trinajstić information content (AvgIpc) is 3.68. The molecule has 300 valence electrons. The number of anilines is 5. The molecule has 4 aliphatic rings. The van der Waals surface area contributed by atoms with Crippen LogP contribution in [0.1, 0.15) is 67.8 Å². The van der Waals surface area contributed by atoms with Gasteiger partial charge in [-0.15, -0.1) is 0 Å². The molecular weight excluding hydrogens is 723 g/mol. The number of nitrogens with one attached hydrogen (secondary N) is 2. The number of carbonyl (C=O) groups excluding carboxylic acids is 2. The van der Waals surface area contributed by atoms with Gasteiger partial charge in [-0.25, -0.2) is 9.97 Å². The van der Waals surface area contributed by atoms with Crippen molar-refractivity contribution in [3.63, 3.8) is 0 Å². The number of aryl methyl sites for hydroxylation is 1. The summed E-state index contributed by atoms with van der Waals surface area (Å²) in [5.41, 5.74) is 6.34. The highest BCUT2D eigenvalue weighted by Crippen LogP contribution is 2.40. The fourth-order valence-corrected chi connectivity index (χ4v) is 9.31. The largest absolute Gasteiger partial charge is 0.392 e. The van der Waals surface area contributed by atoms with Crippen LogP contribution in [0.4, 0.5) is 28.7 Å². The maximum Gasteiger partial charge on any atom is 0.293 e. The minimum Gasteiger partial charge on any atom is -0.392 e. The van der Waals surface area contributed by atoms with E-state index >= 15 is 0 Å². The summed E-state index contributed by atoms with van der Waals surface area (Å²) in [4.78, 5) is 56.1. The van der Waals surface area contributed by atoms with Gasteiger partial charge in [-0.3, -0.25) is 24.2 Å². The van der Waals surface area contributed by atoms with Crippen LogP contribution in [0.25, 0.3) is 11.3 Å². The van der Waals surface area contributed by atoms with Crippen LogP contribution in [0, 0.1) is 5.41 Å². The number of hydrogen-bond donors (Lipinski definition) is 3. The molecule has 4 aromatic rings. The molecule has 0 radical (unpaired) electrons. The number of ether oxygens (including phenoxy) is 1. The highest BCUT2D eigenvalue weighted by Gasteiger charge is 2.38. The number of aliphatic hydroxyl groups is 1. The van der Waals surface area contributed by atoms with Gasteiger partial charge in [0.25, 0.3) is 11.5 Å². The summed E-state index contributed by atoms with van der Waals surface area (Å²) in [6, 6.07) is 10.1. The molecule has 0 bridgehead atoms. The molecule has 2 saturated heterocycles. The standard InChI is InChI=1S/C43H53N9O5/c1-7-38(54)46-33-20-29(8-9-35(33)50-14-13-49(23-26(50)2)30-11-17-57-27(3)18-30)45-39-42(56)48(6)24-34(47-39)31-10-12-44-40(32(31)25-53)52-16-15-51-36(41(52)55)19-28-21-43(4,5)22-37(28)51/h7-10,12,19-20,24,26-27,30,53H,1,11,13-18,21-23,25H2,2-6H3,(H,45,47)(H,46,54)/t26-,27+,30+/m0/s1.